The highest BCUT2D eigenvalue weighted by Crippen LogP contribution is 2.18. The molecule has 0 radical (unpaired) electrons. The van der Waals surface area contributed by atoms with Gasteiger partial charge in [0, 0.05) is 24.2 Å². The molecular formula is C18H16N2O. The Balaban J connectivity index is 1.80. The van der Waals surface area contributed by atoms with Crippen molar-refractivity contribution < 1.29 is 4.79 Å². The second-order valence-electron chi connectivity index (χ2n) is 5.09. The summed E-state index contributed by atoms with van der Waals surface area (Å²) in [6, 6.07) is 16.8. The molecule has 1 aromatic heterocycles. The molecule has 21 heavy (non-hydrogen) atoms. The van der Waals surface area contributed by atoms with Gasteiger partial charge in [-0.2, -0.15) is 0 Å². The van der Waals surface area contributed by atoms with Crippen LogP contribution in [0.25, 0.3) is 10.8 Å². The number of ketones is 1. The summed E-state index contributed by atoms with van der Waals surface area (Å²) in [5, 5.41) is 2.16. The van der Waals surface area contributed by atoms with E-state index in [9.17, 15) is 4.79 Å². The van der Waals surface area contributed by atoms with Crippen molar-refractivity contribution in [2.24, 2.45) is 5.73 Å². The second-order valence-corrected chi connectivity index (χ2v) is 5.09. The Morgan fingerprint density at radius 1 is 1.05 bits per heavy atom. The monoisotopic (exact) mass is 276 g/mol. The highest BCUT2D eigenvalue weighted by atomic mass is 16.1. The molecule has 0 aliphatic carbocycles. The lowest BCUT2D eigenvalue weighted by atomic mass is 9.97. The number of Topliss-reactive ketones (excluding diaryl/α,β-unsaturated/α-hetero) is 1. The third kappa shape index (κ3) is 2.98. The van der Waals surface area contributed by atoms with E-state index in [1.165, 1.54) is 0 Å². The van der Waals surface area contributed by atoms with Gasteiger partial charge in [0.25, 0.3) is 0 Å². The number of fused-ring (bicyclic) bond motifs is 1. The lowest BCUT2D eigenvalue weighted by Gasteiger charge is -2.11. The average molecular weight is 276 g/mol. The number of nitrogens with two attached hydrogens (primary N) is 1. The fourth-order valence-electron chi connectivity index (χ4n) is 2.40. The summed E-state index contributed by atoms with van der Waals surface area (Å²) in [7, 11) is 0. The number of hydrogen-bond donors (Lipinski definition) is 1. The first kappa shape index (κ1) is 13.5. The van der Waals surface area contributed by atoms with Gasteiger partial charge in [-0.15, -0.1) is 0 Å². The minimum Gasteiger partial charge on any atom is -0.318 e. The minimum absolute atomic E-state index is 0.0180. The van der Waals surface area contributed by atoms with Crippen LogP contribution in [0.2, 0.25) is 0 Å². The van der Waals surface area contributed by atoms with Crippen LogP contribution in [-0.4, -0.2) is 10.8 Å². The molecule has 0 spiro atoms. The molecule has 3 aromatic rings. The van der Waals surface area contributed by atoms with Gasteiger partial charge in [0.15, 0.2) is 5.78 Å². The van der Waals surface area contributed by atoms with Crippen molar-refractivity contribution in [2.45, 2.75) is 12.5 Å². The third-order valence-corrected chi connectivity index (χ3v) is 3.59. The van der Waals surface area contributed by atoms with E-state index in [4.69, 9.17) is 5.73 Å². The van der Waals surface area contributed by atoms with Crippen LogP contribution in [0, 0.1) is 0 Å². The quantitative estimate of drug-likeness (QED) is 0.796. The topological polar surface area (TPSA) is 56.0 Å². The van der Waals surface area contributed by atoms with Gasteiger partial charge in [-0.25, -0.2) is 0 Å². The molecule has 3 nitrogen and oxygen atoms in total. The van der Waals surface area contributed by atoms with Crippen molar-refractivity contribution in [1.82, 2.24) is 4.98 Å². The smallest absolute Gasteiger partial charge is 0.158 e. The summed E-state index contributed by atoms with van der Waals surface area (Å²) in [4.78, 5) is 16.4. The van der Waals surface area contributed by atoms with Gasteiger partial charge in [-0.3, -0.25) is 9.78 Å². The number of aromatic nitrogens is 1. The Labute approximate surface area is 123 Å². The van der Waals surface area contributed by atoms with E-state index in [-0.39, 0.29) is 5.78 Å². The number of pyridine rings is 1. The number of rotatable bonds is 4. The van der Waals surface area contributed by atoms with Crippen LogP contribution in [-0.2, 0) is 11.2 Å². The first-order chi connectivity index (χ1) is 10.2. The molecule has 1 atom stereocenters. The van der Waals surface area contributed by atoms with Crippen LogP contribution in [0.1, 0.15) is 17.2 Å². The second kappa shape index (κ2) is 5.85. The number of carbonyl (C=O) groups excluding carboxylic acids is 1. The molecule has 0 saturated heterocycles. The molecule has 0 aliphatic heterocycles. The maximum absolute atomic E-state index is 12.3. The minimum atomic E-state index is -0.573. The lowest BCUT2D eigenvalue weighted by molar-refractivity contribution is -0.119. The number of nitrogens with zero attached hydrogens (tertiary/aromatic N) is 1. The summed E-state index contributed by atoms with van der Waals surface area (Å²) >= 11 is 0. The zero-order valence-electron chi connectivity index (χ0n) is 11.6. The fraction of sp³-hybridized carbons (Fsp3) is 0.111. The van der Waals surface area contributed by atoms with Gasteiger partial charge >= 0.3 is 0 Å². The van der Waals surface area contributed by atoms with Crippen LogP contribution in [0.3, 0.4) is 0 Å². The van der Waals surface area contributed by atoms with Crippen molar-refractivity contribution in [1.29, 1.82) is 0 Å². The van der Waals surface area contributed by atoms with Crippen molar-refractivity contribution in [3.05, 3.63) is 78.1 Å². The number of carbonyl (C=O) groups is 1. The highest BCUT2D eigenvalue weighted by Gasteiger charge is 2.15. The predicted octanol–water partition coefficient (Wildman–Crippen LogP) is 3.05. The van der Waals surface area contributed by atoms with E-state index >= 15 is 0 Å². The SMILES string of the molecule is N[C@@H](C(=O)Cc1ccc2ccncc2c1)c1ccccc1. The van der Waals surface area contributed by atoms with E-state index in [2.05, 4.69) is 4.98 Å². The van der Waals surface area contributed by atoms with Gasteiger partial charge in [0.05, 0.1) is 6.04 Å². The number of hydrogen-bond acceptors (Lipinski definition) is 3. The Morgan fingerprint density at radius 3 is 2.67 bits per heavy atom. The van der Waals surface area contributed by atoms with Crippen molar-refractivity contribution >= 4 is 16.6 Å². The van der Waals surface area contributed by atoms with Crippen molar-refractivity contribution in [3.63, 3.8) is 0 Å². The molecule has 2 N–H and O–H groups in total. The highest BCUT2D eigenvalue weighted by molar-refractivity contribution is 5.89. The van der Waals surface area contributed by atoms with Gasteiger partial charge in [0.1, 0.15) is 0 Å². The van der Waals surface area contributed by atoms with Crippen LogP contribution in [0.15, 0.2) is 67.0 Å². The molecule has 3 heteroatoms. The third-order valence-electron chi connectivity index (χ3n) is 3.59. The van der Waals surface area contributed by atoms with Gasteiger partial charge in [-0.05, 0) is 28.6 Å². The molecule has 3 rings (SSSR count). The molecule has 1 heterocycles. The van der Waals surface area contributed by atoms with Crippen molar-refractivity contribution in [3.8, 4) is 0 Å². The predicted molar refractivity (Wildman–Crippen MR) is 83.8 cm³/mol. The van der Waals surface area contributed by atoms with Gasteiger partial charge in [0.2, 0.25) is 0 Å². The first-order valence-electron chi connectivity index (χ1n) is 6.90. The Morgan fingerprint density at radius 2 is 1.86 bits per heavy atom. The summed E-state index contributed by atoms with van der Waals surface area (Å²) in [6.45, 7) is 0. The summed E-state index contributed by atoms with van der Waals surface area (Å²) in [5.41, 5.74) is 7.85. The molecule has 0 saturated carbocycles. The molecule has 0 bridgehead atoms. The van der Waals surface area contributed by atoms with Crippen LogP contribution in [0.5, 0.6) is 0 Å². The summed E-state index contributed by atoms with van der Waals surface area (Å²) in [5.74, 6) is 0.0180. The molecule has 0 amide bonds. The normalized spacial score (nSPS) is 12.2. The van der Waals surface area contributed by atoms with E-state index in [1.54, 1.807) is 12.4 Å². The van der Waals surface area contributed by atoms with Crippen LogP contribution < -0.4 is 5.73 Å². The fourth-order valence-corrected chi connectivity index (χ4v) is 2.40. The zero-order chi connectivity index (χ0) is 14.7. The Bertz CT molecular complexity index is 768. The maximum atomic E-state index is 12.3. The molecule has 0 unspecified atom stereocenters. The van der Waals surface area contributed by atoms with Crippen LogP contribution >= 0.6 is 0 Å². The van der Waals surface area contributed by atoms with E-state index < -0.39 is 6.04 Å². The Hall–Kier alpha value is -2.52. The van der Waals surface area contributed by atoms with Gasteiger partial charge in [-0.1, -0.05) is 42.5 Å². The molecule has 2 aromatic carbocycles. The van der Waals surface area contributed by atoms with Crippen LogP contribution in [0.4, 0.5) is 0 Å². The standard InChI is InChI=1S/C18H16N2O/c19-18(15-4-2-1-3-5-15)17(21)11-13-6-7-14-8-9-20-12-16(14)10-13/h1-10,12,18H,11,19H2/t18-/m1/s1. The van der Waals surface area contributed by atoms with Gasteiger partial charge < -0.3 is 5.73 Å². The van der Waals surface area contributed by atoms with E-state index in [1.807, 2.05) is 54.6 Å². The van der Waals surface area contributed by atoms with E-state index in [0.717, 1.165) is 21.9 Å². The van der Waals surface area contributed by atoms with E-state index in [0.29, 0.717) is 6.42 Å². The Kier molecular flexibility index (Phi) is 3.75. The maximum Gasteiger partial charge on any atom is 0.158 e. The molecule has 0 aliphatic rings. The molecule has 104 valence electrons. The van der Waals surface area contributed by atoms with Crippen molar-refractivity contribution in [2.75, 3.05) is 0 Å². The number of benzene rings is 2. The largest absolute Gasteiger partial charge is 0.318 e. The molecule has 0 fully saturated rings. The average Bonchev–Trinajstić information content (AvgIpc) is 2.55. The molecular weight excluding hydrogens is 260 g/mol. The lowest BCUT2D eigenvalue weighted by Crippen LogP contribution is -2.23. The summed E-state index contributed by atoms with van der Waals surface area (Å²) in [6.07, 6.45) is 3.90. The first-order valence-corrected chi connectivity index (χ1v) is 6.90. The summed E-state index contributed by atoms with van der Waals surface area (Å²) < 4.78 is 0. The zero-order valence-corrected chi connectivity index (χ0v) is 11.6.